The second-order valence-electron chi connectivity index (χ2n) is 5.93. The van der Waals surface area contributed by atoms with Crippen LogP contribution in [0.3, 0.4) is 0 Å². The standard InChI is InChI=1S/C18H16Cl2N2O2/c1-21(11-12-5-3-2-4-6-12)16-10-17(23)22(18(16)24)13-7-8-14(19)15(20)9-13/h2-9,16H,10-11H2,1H3/p+1/t16-/m0/s1. The van der Waals surface area contributed by atoms with Crippen LogP contribution in [0, 0.1) is 0 Å². The molecule has 1 saturated heterocycles. The number of amides is 2. The first-order valence-electron chi connectivity index (χ1n) is 7.65. The van der Waals surface area contributed by atoms with E-state index in [1.165, 1.54) is 4.90 Å². The minimum Gasteiger partial charge on any atom is -0.323 e. The fraction of sp³-hybridized carbons (Fsp3) is 0.222. The summed E-state index contributed by atoms with van der Waals surface area (Å²) in [5.41, 5.74) is 1.60. The molecule has 0 radical (unpaired) electrons. The molecule has 1 unspecified atom stereocenters. The Balaban J connectivity index is 1.79. The van der Waals surface area contributed by atoms with Crippen LogP contribution in [-0.2, 0) is 16.1 Å². The maximum Gasteiger partial charge on any atom is 0.292 e. The van der Waals surface area contributed by atoms with Crippen molar-refractivity contribution in [2.75, 3.05) is 11.9 Å². The van der Waals surface area contributed by atoms with E-state index in [-0.39, 0.29) is 18.2 Å². The van der Waals surface area contributed by atoms with Gasteiger partial charge in [0.15, 0.2) is 6.04 Å². The smallest absolute Gasteiger partial charge is 0.292 e. The molecule has 6 heteroatoms. The molecule has 1 fully saturated rings. The Bertz CT molecular complexity index is 780. The largest absolute Gasteiger partial charge is 0.323 e. The van der Waals surface area contributed by atoms with Crippen molar-refractivity contribution >= 4 is 40.7 Å². The number of likely N-dealkylation sites (N-methyl/N-ethyl adjacent to an activating group) is 1. The molecule has 3 rings (SSSR count). The lowest BCUT2D eigenvalue weighted by Crippen LogP contribution is -3.12. The van der Waals surface area contributed by atoms with Crippen molar-refractivity contribution in [3.63, 3.8) is 0 Å². The maximum atomic E-state index is 12.8. The van der Waals surface area contributed by atoms with Gasteiger partial charge >= 0.3 is 0 Å². The van der Waals surface area contributed by atoms with Crippen molar-refractivity contribution in [3.05, 3.63) is 64.1 Å². The number of nitrogens with zero attached hydrogens (tertiary/aromatic N) is 1. The highest BCUT2D eigenvalue weighted by atomic mass is 35.5. The zero-order valence-electron chi connectivity index (χ0n) is 13.1. The molecule has 0 spiro atoms. The van der Waals surface area contributed by atoms with Gasteiger partial charge in [0.25, 0.3) is 5.91 Å². The highest BCUT2D eigenvalue weighted by Crippen LogP contribution is 2.29. The molecule has 0 aliphatic carbocycles. The summed E-state index contributed by atoms with van der Waals surface area (Å²) in [6, 6.07) is 14.3. The molecule has 2 amide bonds. The third kappa shape index (κ3) is 3.31. The van der Waals surface area contributed by atoms with Crippen molar-refractivity contribution in [2.45, 2.75) is 19.0 Å². The summed E-state index contributed by atoms with van der Waals surface area (Å²) in [4.78, 5) is 27.3. The van der Waals surface area contributed by atoms with Gasteiger partial charge in [-0.15, -0.1) is 0 Å². The van der Waals surface area contributed by atoms with Crippen LogP contribution in [0.15, 0.2) is 48.5 Å². The number of anilines is 1. The van der Waals surface area contributed by atoms with E-state index in [0.29, 0.717) is 22.3 Å². The fourth-order valence-corrected chi connectivity index (χ4v) is 3.25. The molecule has 0 aromatic heterocycles. The van der Waals surface area contributed by atoms with Crippen molar-refractivity contribution in [3.8, 4) is 0 Å². The lowest BCUT2D eigenvalue weighted by Gasteiger charge is -2.20. The second kappa shape index (κ2) is 6.93. The number of hydrogen-bond donors (Lipinski definition) is 1. The van der Waals surface area contributed by atoms with E-state index in [1.807, 2.05) is 37.4 Å². The minimum atomic E-state index is -0.396. The summed E-state index contributed by atoms with van der Waals surface area (Å²) in [5.74, 6) is -0.414. The van der Waals surface area contributed by atoms with Crippen LogP contribution in [0.2, 0.25) is 10.0 Å². The molecular weight excluding hydrogens is 347 g/mol. The van der Waals surface area contributed by atoms with E-state index >= 15 is 0 Å². The summed E-state index contributed by atoms with van der Waals surface area (Å²) in [7, 11) is 1.93. The Kier molecular flexibility index (Phi) is 4.90. The second-order valence-corrected chi connectivity index (χ2v) is 6.75. The monoisotopic (exact) mass is 363 g/mol. The van der Waals surface area contributed by atoms with Crippen LogP contribution in [0.1, 0.15) is 12.0 Å². The Morgan fingerprint density at radius 2 is 1.79 bits per heavy atom. The quantitative estimate of drug-likeness (QED) is 0.847. The van der Waals surface area contributed by atoms with Crippen LogP contribution in [-0.4, -0.2) is 24.9 Å². The molecule has 4 nitrogen and oxygen atoms in total. The van der Waals surface area contributed by atoms with E-state index in [0.717, 1.165) is 10.5 Å². The van der Waals surface area contributed by atoms with Crippen molar-refractivity contribution in [1.82, 2.24) is 0 Å². The average molecular weight is 364 g/mol. The molecule has 1 aliphatic rings. The molecule has 2 aromatic rings. The van der Waals surface area contributed by atoms with E-state index in [9.17, 15) is 9.59 Å². The van der Waals surface area contributed by atoms with Gasteiger partial charge in [0, 0.05) is 5.56 Å². The molecule has 124 valence electrons. The summed E-state index contributed by atoms with van der Waals surface area (Å²) in [6.45, 7) is 0.680. The van der Waals surface area contributed by atoms with E-state index in [1.54, 1.807) is 18.2 Å². The van der Waals surface area contributed by atoms with Crippen molar-refractivity contribution < 1.29 is 14.5 Å². The molecule has 24 heavy (non-hydrogen) atoms. The number of carbonyl (C=O) groups is 2. The number of halogens is 2. The number of hydrogen-bond acceptors (Lipinski definition) is 2. The summed E-state index contributed by atoms with van der Waals surface area (Å²) in [5, 5.41) is 0.714. The van der Waals surface area contributed by atoms with Crippen LogP contribution in [0.4, 0.5) is 5.69 Å². The SMILES string of the molecule is C[NH+](Cc1ccccc1)[C@H]1CC(=O)N(c2ccc(Cl)c(Cl)c2)C1=O. The molecule has 0 bridgehead atoms. The highest BCUT2D eigenvalue weighted by molar-refractivity contribution is 6.42. The summed E-state index contributed by atoms with van der Waals surface area (Å²) in [6.07, 6.45) is 0.192. The van der Waals surface area contributed by atoms with Crippen LogP contribution < -0.4 is 9.80 Å². The number of quaternary nitrogens is 1. The Morgan fingerprint density at radius 1 is 1.08 bits per heavy atom. The molecule has 1 N–H and O–H groups in total. The van der Waals surface area contributed by atoms with E-state index in [2.05, 4.69) is 0 Å². The first kappa shape index (κ1) is 17.0. The van der Waals surface area contributed by atoms with Gasteiger partial charge in [-0.1, -0.05) is 53.5 Å². The van der Waals surface area contributed by atoms with Gasteiger partial charge in [-0.05, 0) is 18.2 Å². The predicted molar refractivity (Wildman–Crippen MR) is 94.4 cm³/mol. The van der Waals surface area contributed by atoms with E-state index in [4.69, 9.17) is 23.2 Å². The van der Waals surface area contributed by atoms with Crippen LogP contribution in [0.5, 0.6) is 0 Å². The molecule has 1 aliphatic heterocycles. The first-order chi connectivity index (χ1) is 11.5. The number of imide groups is 1. The van der Waals surface area contributed by atoms with Crippen molar-refractivity contribution in [2.24, 2.45) is 0 Å². The normalized spacial score (nSPS) is 19.0. The Hall–Kier alpha value is -1.88. The molecule has 1 heterocycles. The van der Waals surface area contributed by atoms with Gasteiger partial charge in [0.1, 0.15) is 6.54 Å². The van der Waals surface area contributed by atoms with Gasteiger partial charge in [-0.3, -0.25) is 9.59 Å². The Labute approximate surface area is 150 Å². The zero-order valence-corrected chi connectivity index (χ0v) is 14.6. The lowest BCUT2D eigenvalue weighted by molar-refractivity contribution is -0.908. The minimum absolute atomic E-state index is 0.192. The van der Waals surface area contributed by atoms with Gasteiger partial charge < -0.3 is 4.90 Å². The lowest BCUT2D eigenvalue weighted by atomic mass is 10.1. The molecule has 0 saturated carbocycles. The van der Waals surface area contributed by atoms with Gasteiger partial charge in [-0.2, -0.15) is 0 Å². The third-order valence-electron chi connectivity index (χ3n) is 4.23. The number of nitrogens with one attached hydrogen (secondary N) is 1. The van der Waals surface area contributed by atoms with Gasteiger partial charge in [-0.25, -0.2) is 4.90 Å². The number of rotatable bonds is 4. The highest BCUT2D eigenvalue weighted by Gasteiger charge is 2.44. The first-order valence-corrected chi connectivity index (χ1v) is 8.41. The predicted octanol–water partition coefficient (Wildman–Crippen LogP) is 2.34. The average Bonchev–Trinajstić information content (AvgIpc) is 2.86. The maximum absolute atomic E-state index is 12.8. The number of carbonyl (C=O) groups excluding carboxylic acids is 2. The summed E-state index contributed by atoms with van der Waals surface area (Å²) >= 11 is 11.9. The molecule has 2 aromatic carbocycles. The van der Waals surface area contributed by atoms with Crippen molar-refractivity contribution in [1.29, 1.82) is 0 Å². The summed E-state index contributed by atoms with van der Waals surface area (Å²) < 4.78 is 0. The van der Waals surface area contributed by atoms with E-state index < -0.39 is 6.04 Å². The Morgan fingerprint density at radius 3 is 2.46 bits per heavy atom. The van der Waals surface area contributed by atoms with Gasteiger partial charge in [0.2, 0.25) is 5.91 Å². The molecular formula is C18H17Cl2N2O2+. The molecule has 2 atom stereocenters. The van der Waals surface area contributed by atoms with Crippen LogP contribution in [0.25, 0.3) is 0 Å². The fourth-order valence-electron chi connectivity index (χ4n) is 2.95. The zero-order chi connectivity index (χ0) is 17.3. The number of benzene rings is 2. The topological polar surface area (TPSA) is 41.8 Å². The third-order valence-corrected chi connectivity index (χ3v) is 4.97. The van der Waals surface area contributed by atoms with Crippen LogP contribution >= 0.6 is 23.2 Å². The van der Waals surface area contributed by atoms with Gasteiger partial charge in [0.05, 0.1) is 29.2 Å².